The van der Waals surface area contributed by atoms with Crippen molar-refractivity contribution < 1.29 is 19.0 Å². The molecule has 0 aromatic rings. The number of hydrogen-bond donors (Lipinski definition) is 0. The van der Waals surface area contributed by atoms with E-state index < -0.39 is 6.10 Å². The molecule has 4 nitrogen and oxygen atoms in total. The summed E-state index contributed by atoms with van der Waals surface area (Å²) in [4.78, 5) is 11.4. The Bertz CT molecular complexity index is 180. The maximum absolute atomic E-state index is 11.4. The maximum Gasteiger partial charge on any atom is 0.338 e. The zero-order valence-corrected chi connectivity index (χ0v) is 7.53. The Morgan fingerprint density at radius 1 is 1.31 bits per heavy atom. The van der Waals surface area contributed by atoms with E-state index in [9.17, 15) is 4.79 Å². The summed E-state index contributed by atoms with van der Waals surface area (Å²) in [6, 6.07) is 0. The molecule has 13 heavy (non-hydrogen) atoms. The Labute approximate surface area is 77.1 Å². The van der Waals surface area contributed by atoms with Crippen LogP contribution in [0.1, 0.15) is 25.7 Å². The minimum absolute atomic E-state index is 0.122. The minimum atomic E-state index is -0.486. The van der Waals surface area contributed by atoms with Gasteiger partial charge in [-0.2, -0.15) is 0 Å². The van der Waals surface area contributed by atoms with Gasteiger partial charge in [0.2, 0.25) is 0 Å². The van der Waals surface area contributed by atoms with Crippen molar-refractivity contribution in [3.05, 3.63) is 0 Å². The fraction of sp³-hybridized carbons (Fsp3) is 0.889. The summed E-state index contributed by atoms with van der Waals surface area (Å²) >= 11 is 0. The SMILES string of the molecule is O=C(OC1CCCC1)C1COCO1. The standard InChI is InChI=1S/C9H14O4/c10-9(8-5-11-6-12-8)13-7-3-1-2-4-7/h7-8H,1-6H2. The molecule has 0 spiro atoms. The summed E-state index contributed by atoms with van der Waals surface area (Å²) < 4.78 is 15.2. The molecule has 0 radical (unpaired) electrons. The third-order valence-corrected chi connectivity index (χ3v) is 2.47. The Balaban J connectivity index is 1.76. The summed E-state index contributed by atoms with van der Waals surface area (Å²) in [5.41, 5.74) is 0. The Morgan fingerprint density at radius 2 is 2.08 bits per heavy atom. The second-order valence-corrected chi connectivity index (χ2v) is 3.49. The molecule has 1 saturated heterocycles. The number of esters is 1. The van der Waals surface area contributed by atoms with Crippen molar-refractivity contribution in [1.82, 2.24) is 0 Å². The Kier molecular flexibility index (Phi) is 2.80. The lowest BCUT2D eigenvalue weighted by Crippen LogP contribution is -2.28. The predicted octanol–water partition coefficient (Wildman–Crippen LogP) is 0.845. The molecule has 4 heteroatoms. The van der Waals surface area contributed by atoms with Crippen molar-refractivity contribution >= 4 is 5.97 Å². The summed E-state index contributed by atoms with van der Waals surface area (Å²) in [6.45, 7) is 0.552. The average Bonchev–Trinajstić information content (AvgIpc) is 2.74. The van der Waals surface area contributed by atoms with E-state index in [1.54, 1.807) is 0 Å². The first-order valence-corrected chi connectivity index (χ1v) is 4.76. The molecule has 0 aromatic carbocycles. The monoisotopic (exact) mass is 186 g/mol. The molecule has 0 aromatic heterocycles. The van der Waals surface area contributed by atoms with Gasteiger partial charge in [0.1, 0.15) is 12.9 Å². The summed E-state index contributed by atoms with van der Waals surface area (Å²) in [5.74, 6) is -0.260. The van der Waals surface area contributed by atoms with Gasteiger partial charge in [-0.3, -0.25) is 0 Å². The molecule has 0 bridgehead atoms. The van der Waals surface area contributed by atoms with Gasteiger partial charge in [0.05, 0.1) is 6.61 Å². The number of carbonyl (C=O) groups excluding carboxylic acids is 1. The molecular formula is C9H14O4. The van der Waals surface area contributed by atoms with E-state index in [4.69, 9.17) is 14.2 Å². The van der Waals surface area contributed by atoms with Gasteiger partial charge in [0.25, 0.3) is 0 Å². The van der Waals surface area contributed by atoms with Crippen molar-refractivity contribution in [2.24, 2.45) is 0 Å². The number of rotatable bonds is 2. The first-order chi connectivity index (χ1) is 6.36. The zero-order valence-electron chi connectivity index (χ0n) is 7.53. The van der Waals surface area contributed by atoms with Gasteiger partial charge in [-0.15, -0.1) is 0 Å². The molecule has 2 rings (SSSR count). The van der Waals surface area contributed by atoms with Crippen LogP contribution < -0.4 is 0 Å². The summed E-state index contributed by atoms with van der Waals surface area (Å²) in [5, 5.41) is 0. The van der Waals surface area contributed by atoms with Gasteiger partial charge < -0.3 is 14.2 Å². The van der Waals surface area contributed by atoms with E-state index in [1.165, 1.54) is 12.8 Å². The summed E-state index contributed by atoms with van der Waals surface area (Å²) in [7, 11) is 0. The van der Waals surface area contributed by atoms with Crippen LogP contribution in [0.4, 0.5) is 0 Å². The molecule has 0 N–H and O–H groups in total. The van der Waals surface area contributed by atoms with E-state index >= 15 is 0 Å². The molecule has 1 unspecified atom stereocenters. The van der Waals surface area contributed by atoms with Crippen molar-refractivity contribution in [2.75, 3.05) is 13.4 Å². The van der Waals surface area contributed by atoms with Crippen molar-refractivity contribution in [3.63, 3.8) is 0 Å². The highest BCUT2D eigenvalue weighted by molar-refractivity contribution is 5.75. The van der Waals surface area contributed by atoms with Gasteiger partial charge >= 0.3 is 5.97 Å². The van der Waals surface area contributed by atoms with E-state index in [0.29, 0.717) is 6.61 Å². The second-order valence-electron chi connectivity index (χ2n) is 3.49. The Hall–Kier alpha value is -0.610. The van der Waals surface area contributed by atoms with Gasteiger partial charge in [-0.25, -0.2) is 4.79 Å². The van der Waals surface area contributed by atoms with Crippen LogP contribution in [0.2, 0.25) is 0 Å². The van der Waals surface area contributed by atoms with Crippen LogP contribution in [0.15, 0.2) is 0 Å². The topological polar surface area (TPSA) is 44.8 Å². The van der Waals surface area contributed by atoms with Crippen LogP contribution in [-0.4, -0.2) is 31.6 Å². The highest BCUT2D eigenvalue weighted by Crippen LogP contribution is 2.22. The fourth-order valence-corrected chi connectivity index (χ4v) is 1.72. The molecule has 1 atom stereocenters. The third kappa shape index (κ3) is 2.19. The second kappa shape index (κ2) is 4.07. The molecule has 1 aliphatic carbocycles. The molecule has 1 heterocycles. The lowest BCUT2D eigenvalue weighted by atomic mass is 10.3. The quantitative estimate of drug-likeness (QED) is 0.599. The highest BCUT2D eigenvalue weighted by atomic mass is 16.7. The van der Waals surface area contributed by atoms with E-state index in [2.05, 4.69) is 0 Å². The van der Waals surface area contributed by atoms with Crippen LogP contribution in [0.25, 0.3) is 0 Å². The first kappa shape index (κ1) is 8.97. The normalized spacial score (nSPS) is 29.4. The van der Waals surface area contributed by atoms with Crippen molar-refractivity contribution in [3.8, 4) is 0 Å². The third-order valence-electron chi connectivity index (χ3n) is 2.47. The van der Waals surface area contributed by atoms with Crippen molar-refractivity contribution in [2.45, 2.75) is 37.9 Å². The fourth-order valence-electron chi connectivity index (χ4n) is 1.72. The molecule has 2 aliphatic rings. The number of hydrogen-bond acceptors (Lipinski definition) is 4. The molecule has 1 saturated carbocycles. The molecule has 74 valence electrons. The lowest BCUT2D eigenvalue weighted by molar-refractivity contribution is -0.158. The van der Waals surface area contributed by atoms with Crippen LogP contribution in [0.3, 0.4) is 0 Å². The molecule has 0 amide bonds. The predicted molar refractivity (Wildman–Crippen MR) is 44.0 cm³/mol. The van der Waals surface area contributed by atoms with Gasteiger partial charge in [0.15, 0.2) is 6.10 Å². The smallest absolute Gasteiger partial charge is 0.338 e. The molecular weight excluding hydrogens is 172 g/mol. The van der Waals surface area contributed by atoms with Crippen molar-refractivity contribution in [1.29, 1.82) is 0 Å². The maximum atomic E-state index is 11.4. The number of ether oxygens (including phenoxy) is 3. The van der Waals surface area contributed by atoms with E-state index in [1.807, 2.05) is 0 Å². The van der Waals surface area contributed by atoms with Gasteiger partial charge in [0, 0.05) is 0 Å². The highest BCUT2D eigenvalue weighted by Gasteiger charge is 2.29. The minimum Gasteiger partial charge on any atom is -0.460 e. The van der Waals surface area contributed by atoms with Gasteiger partial charge in [-0.05, 0) is 25.7 Å². The van der Waals surface area contributed by atoms with E-state index in [0.717, 1.165) is 12.8 Å². The zero-order chi connectivity index (χ0) is 9.10. The molecule has 2 fully saturated rings. The van der Waals surface area contributed by atoms with Gasteiger partial charge in [-0.1, -0.05) is 0 Å². The molecule has 1 aliphatic heterocycles. The average molecular weight is 186 g/mol. The van der Waals surface area contributed by atoms with Crippen LogP contribution >= 0.6 is 0 Å². The van der Waals surface area contributed by atoms with Crippen LogP contribution in [0, 0.1) is 0 Å². The Morgan fingerprint density at radius 3 is 2.69 bits per heavy atom. The number of carbonyl (C=O) groups is 1. The first-order valence-electron chi connectivity index (χ1n) is 4.76. The summed E-state index contributed by atoms with van der Waals surface area (Å²) in [6.07, 6.45) is 3.97. The van der Waals surface area contributed by atoms with Crippen LogP contribution in [0.5, 0.6) is 0 Å². The van der Waals surface area contributed by atoms with Crippen LogP contribution in [-0.2, 0) is 19.0 Å². The largest absolute Gasteiger partial charge is 0.460 e. The van der Waals surface area contributed by atoms with E-state index in [-0.39, 0.29) is 18.9 Å². The lowest BCUT2D eigenvalue weighted by Gasteiger charge is -2.13.